The molecule has 0 aliphatic rings. The molecule has 72 valence electrons. The summed E-state index contributed by atoms with van der Waals surface area (Å²) in [6.07, 6.45) is 2.00. The van der Waals surface area contributed by atoms with Gasteiger partial charge in [0.15, 0.2) is 0 Å². The number of hydrogen-bond donors (Lipinski definition) is 1. The molecule has 0 bridgehead atoms. The van der Waals surface area contributed by atoms with Gasteiger partial charge in [-0.2, -0.15) is 0 Å². The molecule has 0 fully saturated rings. The van der Waals surface area contributed by atoms with E-state index >= 15 is 0 Å². The Bertz CT molecular complexity index is 283. The lowest BCUT2D eigenvalue weighted by Gasteiger charge is -2.11. The fourth-order valence-corrected chi connectivity index (χ4v) is 1.38. The summed E-state index contributed by atoms with van der Waals surface area (Å²) in [5.41, 5.74) is 7.60. The monoisotopic (exact) mass is 181 g/mol. The number of hydrogen-bond acceptors (Lipinski definition) is 1. The molecule has 0 amide bonds. The molecule has 0 aliphatic heterocycles. The number of halogens is 1. The molecular formula is C11H16FN. The molecule has 2 heteroatoms. The Balaban J connectivity index is 2.84. The van der Waals surface area contributed by atoms with E-state index in [1.54, 1.807) is 13.0 Å². The van der Waals surface area contributed by atoms with Crippen LogP contribution in [0.2, 0.25) is 0 Å². The normalized spacial score (nSPS) is 12.9. The van der Waals surface area contributed by atoms with Crippen molar-refractivity contribution >= 4 is 0 Å². The quantitative estimate of drug-likeness (QED) is 0.762. The molecular weight excluding hydrogens is 165 g/mol. The van der Waals surface area contributed by atoms with Gasteiger partial charge in [-0.3, -0.25) is 0 Å². The molecule has 1 aromatic carbocycles. The van der Waals surface area contributed by atoms with Crippen molar-refractivity contribution in [1.82, 2.24) is 0 Å². The second kappa shape index (κ2) is 4.38. The van der Waals surface area contributed by atoms with Crippen LogP contribution in [0.4, 0.5) is 4.39 Å². The minimum atomic E-state index is -0.160. The topological polar surface area (TPSA) is 26.0 Å². The Kier molecular flexibility index (Phi) is 3.43. The molecule has 0 heterocycles. The third-order valence-electron chi connectivity index (χ3n) is 2.21. The molecule has 0 unspecified atom stereocenters. The summed E-state index contributed by atoms with van der Waals surface area (Å²) < 4.78 is 12.9. The molecule has 0 aromatic heterocycles. The summed E-state index contributed by atoms with van der Waals surface area (Å²) in [6, 6.07) is 5.13. The fraction of sp³-hybridized carbons (Fsp3) is 0.455. The van der Waals surface area contributed by atoms with Crippen LogP contribution in [-0.2, 0) is 0 Å². The number of rotatable bonds is 3. The van der Waals surface area contributed by atoms with Gasteiger partial charge in [0, 0.05) is 6.04 Å². The fourth-order valence-electron chi connectivity index (χ4n) is 1.38. The zero-order valence-corrected chi connectivity index (χ0v) is 8.18. The highest BCUT2D eigenvalue weighted by Gasteiger charge is 2.06. The predicted molar refractivity (Wildman–Crippen MR) is 53.0 cm³/mol. The average Bonchev–Trinajstić information content (AvgIpc) is 2.10. The lowest BCUT2D eigenvalue weighted by atomic mass is 10.0. The van der Waals surface area contributed by atoms with Crippen LogP contribution >= 0.6 is 0 Å². The first-order chi connectivity index (χ1) is 6.15. The van der Waals surface area contributed by atoms with Crippen molar-refractivity contribution in [2.45, 2.75) is 32.7 Å². The number of nitrogens with two attached hydrogens (primary N) is 1. The van der Waals surface area contributed by atoms with Crippen LogP contribution in [0.3, 0.4) is 0 Å². The summed E-state index contributed by atoms with van der Waals surface area (Å²) in [4.78, 5) is 0. The second-order valence-electron chi connectivity index (χ2n) is 3.40. The second-order valence-corrected chi connectivity index (χ2v) is 3.40. The molecule has 0 radical (unpaired) electrons. The highest BCUT2D eigenvalue weighted by Crippen LogP contribution is 2.18. The molecule has 0 aliphatic carbocycles. The molecule has 13 heavy (non-hydrogen) atoms. The minimum Gasteiger partial charge on any atom is -0.324 e. The van der Waals surface area contributed by atoms with E-state index in [0.717, 1.165) is 18.4 Å². The van der Waals surface area contributed by atoms with Gasteiger partial charge in [0.25, 0.3) is 0 Å². The van der Waals surface area contributed by atoms with Crippen molar-refractivity contribution in [3.63, 3.8) is 0 Å². The first-order valence-corrected chi connectivity index (χ1v) is 4.66. The van der Waals surface area contributed by atoms with E-state index in [1.807, 2.05) is 6.07 Å². The van der Waals surface area contributed by atoms with E-state index in [9.17, 15) is 4.39 Å². The highest BCUT2D eigenvalue weighted by atomic mass is 19.1. The Morgan fingerprint density at radius 3 is 2.69 bits per heavy atom. The molecule has 2 N–H and O–H groups in total. The van der Waals surface area contributed by atoms with Crippen LogP contribution in [-0.4, -0.2) is 0 Å². The Labute approximate surface area is 78.8 Å². The van der Waals surface area contributed by atoms with E-state index in [-0.39, 0.29) is 11.9 Å². The first-order valence-electron chi connectivity index (χ1n) is 4.66. The van der Waals surface area contributed by atoms with Crippen LogP contribution in [0.25, 0.3) is 0 Å². The zero-order valence-electron chi connectivity index (χ0n) is 8.18. The largest absolute Gasteiger partial charge is 0.324 e. The Morgan fingerprint density at radius 1 is 1.46 bits per heavy atom. The van der Waals surface area contributed by atoms with E-state index < -0.39 is 0 Å². The van der Waals surface area contributed by atoms with Crippen molar-refractivity contribution in [1.29, 1.82) is 0 Å². The maximum atomic E-state index is 12.9. The van der Waals surface area contributed by atoms with Gasteiger partial charge in [0.1, 0.15) is 5.82 Å². The van der Waals surface area contributed by atoms with Crippen molar-refractivity contribution in [3.8, 4) is 0 Å². The highest BCUT2D eigenvalue weighted by molar-refractivity contribution is 5.26. The van der Waals surface area contributed by atoms with E-state index in [4.69, 9.17) is 5.73 Å². The lowest BCUT2D eigenvalue weighted by molar-refractivity contribution is 0.608. The SMILES string of the molecule is CCC[C@@H](N)c1ccc(F)c(C)c1. The summed E-state index contributed by atoms with van der Waals surface area (Å²) in [6.45, 7) is 3.85. The molecule has 1 aromatic rings. The number of benzene rings is 1. The third-order valence-corrected chi connectivity index (χ3v) is 2.21. The standard InChI is InChI=1S/C11H16FN/c1-3-4-11(13)9-5-6-10(12)8(2)7-9/h5-7,11H,3-4,13H2,1-2H3/t11-/m1/s1. The van der Waals surface area contributed by atoms with Crippen LogP contribution in [0.1, 0.15) is 36.9 Å². The van der Waals surface area contributed by atoms with Gasteiger partial charge >= 0.3 is 0 Å². The van der Waals surface area contributed by atoms with Crippen molar-refractivity contribution in [2.75, 3.05) is 0 Å². The first kappa shape index (κ1) is 10.2. The van der Waals surface area contributed by atoms with E-state index in [2.05, 4.69) is 6.92 Å². The molecule has 0 saturated heterocycles. The van der Waals surface area contributed by atoms with Gasteiger partial charge in [-0.05, 0) is 30.5 Å². The molecule has 1 atom stereocenters. The van der Waals surface area contributed by atoms with E-state index in [0.29, 0.717) is 5.56 Å². The van der Waals surface area contributed by atoms with Crippen LogP contribution < -0.4 is 5.73 Å². The summed E-state index contributed by atoms with van der Waals surface area (Å²) >= 11 is 0. The van der Waals surface area contributed by atoms with Gasteiger partial charge in [0.2, 0.25) is 0 Å². The van der Waals surface area contributed by atoms with Gasteiger partial charge < -0.3 is 5.73 Å². The van der Waals surface area contributed by atoms with Gasteiger partial charge in [-0.15, -0.1) is 0 Å². The minimum absolute atomic E-state index is 0.0456. The van der Waals surface area contributed by atoms with Crippen molar-refractivity contribution < 1.29 is 4.39 Å². The Hall–Kier alpha value is -0.890. The maximum Gasteiger partial charge on any atom is 0.126 e. The maximum absolute atomic E-state index is 12.9. The van der Waals surface area contributed by atoms with Crippen LogP contribution in [0, 0.1) is 12.7 Å². The summed E-state index contributed by atoms with van der Waals surface area (Å²) in [5, 5.41) is 0. The van der Waals surface area contributed by atoms with E-state index in [1.165, 1.54) is 6.07 Å². The molecule has 1 nitrogen and oxygen atoms in total. The van der Waals surface area contributed by atoms with Crippen molar-refractivity contribution in [2.24, 2.45) is 5.73 Å². The van der Waals surface area contributed by atoms with Crippen LogP contribution in [0.5, 0.6) is 0 Å². The Morgan fingerprint density at radius 2 is 2.15 bits per heavy atom. The molecule has 0 spiro atoms. The van der Waals surface area contributed by atoms with Gasteiger partial charge in [-0.25, -0.2) is 4.39 Å². The zero-order chi connectivity index (χ0) is 9.84. The lowest BCUT2D eigenvalue weighted by Crippen LogP contribution is -2.09. The molecule has 1 rings (SSSR count). The summed E-state index contributed by atoms with van der Waals surface area (Å²) in [5.74, 6) is -0.160. The third kappa shape index (κ3) is 2.52. The smallest absolute Gasteiger partial charge is 0.126 e. The average molecular weight is 181 g/mol. The van der Waals surface area contributed by atoms with Gasteiger partial charge in [0.05, 0.1) is 0 Å². The van der Waals surface area contributed by atoms with Gasteiger partial charge in [-0.1, -0.05) is 25.5 Å². The number of aryl methyl sites for hydroxylation is 1. The molecule has 0 saturated carbocycles. The summed E-state index contributed by atoms with van der Waals surface area (Å²) in [7, 11) is 0. The van der Waals surface area contributed by atoms with Crippen LogP contribution in [0.15, 0.2) is 18.2 Å². The predicted octanol–water partition coefficient (Wildman–Crippen LogP) is 2.93. The van der Waals surface area contributed by atoms with Crippen molar-refractivity contribution in [3.05, 3.63) is 35.1 Å².